The monoisotopic (exact) mass is 595 g/mol. The van der Waals surface area contributed by atoms with Gasteiger partial charge in [-0.1, -0.05) is 69.6 Å². The van der Waals surface area contributed by atoms with Crippen molar-refractivity contribution < 1.29 is 18.9 Å². The highest BCUT2D eigenvalue weighted by Gasteiger charge is 2.12. The number of hydrogen-bond donors (Lipinski definition) is 0. The number of hydrogen-bond acceptors (Lipinski definition) is 5. The van der Waals surface area contributed by atoms with Crippen LogP contribution >= 0.6 is 69.6 Å². The van der Waals surface area contributed by atoms with Crippen molar-refractivity contribution in [3.63, 3.8) is 0 Å². The van der Waals surface area contributed by atoms with Crippen LogP contribution in [0.15, 0.2) is 53.2 Å². The third-order valence-electron chi connectivity index (χ3n) is 4.32. The van der Waals surface area contributed by atoms with Crippen molar-refractivity contribution in [2.24, 2.45) is 0 Å². The van der Waals surface area contributed by atoms with Crippen LogP contribution in [0.1, 0.15) is 12.0 Å². The molecular formula is C24H19Cl6NO4. The van der Waals surface area contributed by atoms with Crippen molar-refractivity contribution in [3.05, 3.63) is 78.8 Å². The standard InChI is InChI=1S/C24H19Cl6NO4/c1-14-9-20(28)24(31-13-14)35-21-4-3-15(10-17(21)25)32-6-2-7-34-23-18(26)11-16(12-19(23)27)33-8-5-22(29)30/h3-5,9-13H,2,6-8H2,1H3. The fourth-order valence-corrected chi connectivity index (χ4v) is 3.91. The van der Waals surface area contributed by atoms with Crippen LogP contribution in [-0.2, 0) is 0 Å². The van der Waals surface area contributed by atoms with Gasteiger partial charge < -0.3 is 18.9 Å². The Balaban J connectivity index is 1.47. The third kappa shape index (κ3) is 8.71. The summed E-state index contributed by atoms with van der Waals surface area (Å²) in [5.74, 6) is 2.09. The number of benzene rings is 2. The van der Waals surface area contributed by atoms with Gasteiger partial charge in [0.1, 0.15) is 33.4 Å². The summed E-state index contributed by atoms with van der Waals surface area (Å²) in [6.45, 7) is 2.78. The summed E-state index contributed by atoms with van der Waals surface area (Å²) in [6, 6.07) is 10.0. The van der Waals surface area contributed by atoms with Gasteiger partial charge >= 0.3 is 0 Å². The zero-order chi connectivity index (χ0) is 25.4. The highest BCUT2D eigenvalue weighted by Crippen LogP contribution is 2.37. The van der Waals surface area contributed by atoms with Crippen molar-refractivity contribution in [1.82, 2.24) is 4.98 Å². The van der Waals surface area contributed by atoms with Crippen molar-refractivity contribution in [2.45, 2.75) is 13.3 Å². The van der Waals surface area contributed by atoms with E-state index in [4.69, 9.17) is 88.6 Å². The largest absolute Gasteiger partial charge is 0.493 e. The summed E-state index contributed by atoms with van der Waals surface area (Å²) in [4.78, 5) is 4.17. The molecule has 5 nitrogen and oxygen atoms in total. The Morgan fingerprint density at radius 3 is 2.17 bits per heavy atom. The Labute approximate surface area is 233 Å². The molecule has 0 bridgehead atoms. The molecule has 0 amide bonds. The van der Waals surface area contributed by atoms with E-state index < -0.39 is 0 Å². The van der Waals surface area contributed by atoms with Gasteiger partial charge in [0.15, 0.2) is 5.75 Å². The van der Waals surface area contributed by atoms with Crippen molar-refractivity contribution in [3.8, 4) is 28.9 Å². The lowest BCUT2D eigenvalue weighted by Gasteiger charge is -2.13. The zero-order valence-corrected chi connectivity index (χ0v) is 22.8. The van der Waals surface area contributed by atoms with Crippen LogP contribution < -0.4 is 18.9 Å². The smallest absolute Gasteiger partial charge is 0.238 e. The van der Waals surface area contributed by atoms with Crippen LogP contribution in [0.5, 0.6) is 28.9 Å². The number of aryl methyl sites for hydroxylation is 1. The second-order valence-corrected chi connectivity index (χ2v) is 9.70. The van der Waals surface area contributed by atoms with E-state index in [0.717, 1.165) is 5.56 Å². The van der Waals surface area contributed by atoms with Crippen molar-refractivity contribution in [1.29, 1.82) is 0 Å². The highest BCUT2D eigenvalue weighted by atomic mass is 35.5. The van der Waals surface area contributed by atoms with Gasteiger partial charge in [-0.15, -0.1) is 0 Å². The molecule has 11 heteroatoms. The molecule has 0 saturated carbocycles. The fourth-order valence-electron chi connectivity index (χ4n) is 2.74. The minimum Gasteiger partial charge on any atom is -0.493 e. The Morgan fingerprint density at radius 1 is 0.829 bits per heavy atom. The predicted octanol–water partition coefficient (Wildman–Crippen LogP) is 9.34. The molecule has 0 fully saturated rings. The van der Waals surface area contributed by atoms with E-state index in [1.54, 1.807) is 42.6 Å². The van der Waals surface area contributed by atoms with E-state index in [-0.39, 0.29) is 17.0 Å². The van der Waals surface area contributed by atoms with Crippen LogP contribution in [-0.4, -0.2) is 24.8 Å². The summed E-state index contributed by atoms with van der Waals surface area (Å²) in [5.41, 5.74) is 0.929. The number of nitrogens with zero attached hydrogens (tertiary/aromatic N) is 1. The van der Waals surface area contributed by atoms with Gasteiger partial charge in [0, 0.05) is 30.8 Å². The topological polar surface area (TPSA) is 49.8 Å². The molecule has 35 heavy (non-hydrogen) atoms. The van der Waals surface area contributed by atoms with Crippen LogP contribution in [0.4, 0.5) is 0 Å². The first-order valence-corrected chi connectivity index (χ1v) is 12.5. The maximum absolute atomic E-state index is 6.32. The molecule has 0 aliphatic carbocycles. The van der Waals surface area contributed by atoms with Crippen LogP contribution in [0.3, 0.4) is 0 Å². The van der Waals surface area contributed by atoms with Gasteiger partial charge in [-0.05, 0) is 36.8 Å². The van der Waals surface area contributed by atoms with Gasteiger partial charge in [-0.25, -0.2) is 4.98 Å². The number of ether oxygens (including phenoxy) is 4. The first-order valence-electron chi connectivity index (χ1n) is 10.2. The van der Waals surface area contributed by atoms with Crippen molar-refractivity contribution >= 4 is 69.6 Å². The van der Waals surface area contributed by atoms with E-state index in [1.165, 1.54) is 6.08 Å². The van der Waals surface area contributed by atoms with E-state index in [1.807, 2.05) is 6.92 Å². The van der Waals surface area contributed by atoms with Gasteiger partial charge in [-0.2, -0.15) is 0 Å². The molecule has 0 aliphatic heterocycles. The van der Waals surface area contributed by atoms with Gasteiger partial charge in [0.2, 0.25) is 5.88 Å². The molecule has 2 aromatic carbocycles. The number of halogens is 6. The van der Waals surface area contributed by atoms with Crippen LogP contribution in [0.2, 0.25) is 20.1 Å². The van der Waals surface area contributed by atoms with E-state index in [9.17, 15) is 0 Å². The highest BCUT2D eigenvalue weighted by molar-refractivity contribution is 6.55. The van der Waals surface area contributed by atoms with E-state index >= 15 is 0 Å². The predicted molar refractivity (Wildman–Crippen MR) is 143 cm³/mol. The van der Waals surface area contributed by atoms with Gasteiger partial charge in [-0.3, -0.25) is 0 Å². The SMILES string of the molecule is Cc1cnc(Oc2ccc(OCCCOc3c(Cl)cc(OCC=C(Cl)Cl)cc3Cl)cc2Cl)c(Cl)c1. The van der Waals surface area contributed by atoms with Gasteiger partial charge in [0.25, 0.3) is 0 Å². The fraction of sp³-hybridized carbons (Fsp3) is 0.208. The summed E-state index contributed by atoms with van der Waals surface area (Å²) in [7, 11) is 0. The lowest BCUT2D eigenvalue weighted by Crippen LogP contribution is -2.06. The average molecular weight is 598 g/mol. The van der Waals surface area contributed by atoms with Crippen LogP contribution in [0, 0.1) is 6.92 Å². The number of rotatable bonds is 11. The maximum atomic E-state index is 6.32. The Hall–Kier alpha value is -1.73. The molecule has 1 aromatic heterocycles. The summed E-state index contributed by atoms with van der Waals surface area (Å²) >= 11 is 36.1. The lowest BCUT2D eigenvalue weighted by atomic mass is 10.3. The number of pyridine rings is 1. The molecule has 0 radical (unpaired) electrons. The minimum absolute atomic E-state index is 0.111. The molecule has 3 rings (SSSR count). The van der Waals surface area contributed by atoms with Crippen molar-refractivity contribution in [2.75, 3.05) is 19.8 Å². The quantitative estimate of drug-likeness (QED) is 0.206. The Kier molecular flexibility index (Phi) is 10.8. The third-order valence-corrected chi connectivity index (χ3v) is 5.75. The first kappa shape index (κ1) is 27.9. The summed E-state index contributed by atoms with van der Waals surface area (Å²) < 4.78 is 22.7. The molecule has 0 N–H and O–H groups in total. The molecule has 0 saturated heterocycles. The first-order chi connectivity index (χ1) is 16.7. The molecule has 3 aromatic rings. The van der Waals surface area contributed by atoms with Gasteiger partial charge in [0.05, 0.1) is 28.3 Å². The normalized spacial score (nSPS) is 10.6. The number of aromatic nitrogens is 1. The molecule has 0 aliphatic rings. The molecule has 0 unspecified atom stereocenters. The zero-order valence-electron chi connectivity index (χ0n) is 18.3. The molecule has 0 spiro atoms. The second-order valence-electron chi connectivity index (χ2n) is 7.07. The summed E-state index contributed by atoms with van der Waals surface area (Å²) in [5, 5.41) is 1.40. The lowest BCUT2D eigenvalue weighted by molar-refractivity contribution is 0.247. The second kappa shape index (κ2) is 13.5. The summed E-state index contributed by atoms with van der Waals surface area (Å²) in [6.07, 6.45) is 3.73. The average Bonchev–Trinajstić information content (AvgIpc) is 2.78. The molecular weight excluding hydrogens is 579 g/mol. The minimum atomic E-state index is 0.111. The van der Waals surface area contributed by atoms with Crippen LogP contribution in [0.25, 0.3) is 0 Å². The maximum Gasteiger partial charge on any atom is 0.238 e. The molecule has 1 heterocycles. The Morgan fingerprint density at radius 2 is 1.51 bits per heavy atom. The molecule has 0 atom stereocenters. The Bertz CT molecular complexity index is 1180. The molecule has 186 valence electrons. The van der Waals surface area contributed by atoms with E-state index in [2.05, 4.69) is 4.98 Å². The van der Waals surface area contributed by atoms with E-state index in [0.29, 0.717) is 62.7 Å².